The van der Waals surface area contributed by atoms with Gasteiger partial charge in [-0.15, -0.1) is 0 Å². The van der Waals surface area contributed by atoms with Gasteiger partial charge in [0.2, 0.25) is 5.91 Å². The van der Waals surface area contributed by atoms with E-state index in [1.807, 2.05) is 83.5 Å². The first kappa shape index (κ1) is 20.7. The first-order valence-corrected chi connectivity index (χ1v) is 10.4. The van der Waals surface area contributed by atoms with Crippen molar-refractivity contribution in [2.45, 2.75) is 32.4 Å². The largest absolute Gasteiger partial charge is 0.496 e. The first-order valence-electron chi connectivity index (χ1n) is 10.4. The summed E-state index contributed by atoms with van der Waals surface area (Å²) in [6, 6.07) is 24.5. The number of hydrogen-bond donors (Lipinski definition) is 0. The molecule has 158 valence electrons. The summed E-state index contributed by atoms with van der Waals surface area (Å²) in [4.78, 5) is 30.0. The van der Waals surface area contributed by atoms with Crippen LogP contribution in [0.5, 0.6) is 5.75 Å². The molecule has 0 unspecified atom stereocenters. The minimum absolute atomic E-state index is 0.000663. The van der Waals surface area contributed by atoms with Crippen LogP contribution < -0.4 is 14.5 Å². The van der Waals surface area contributed by atoms with Crippen LogP contribution in [-0.2, 0) is 4.79 Å². The lowest BCUT2D eigenvalue weighted by Crippen LogP contribution is -2.47. The average molecular weight is 415 g/mol. The molecule has 5 nitrogen and oxygen atoms in total. The Kier molecular flexibility index (Phi) is 5.76. The molecule has 0 aliphatic carbocycles. The van der Waals surface area contributed by atoms with Crippen LogP contribution >= 0.6 is 0 Å². The molecule has 0 bridgehead atoms. The Bertz CT molecular complexity index is 1100. The molecular formula is C26H26N2O3. The van der Waals surface area contributed by atoms with Crippen LogP contribution in [0, 0.1) is 0 Å². The van der Waals surface area contributed by atoms with Gasteiger partial charge in [0, 0.05) is 24.3 Å². The molecule has 1 aliphatic rings. The lowest BCUT2D eigenvalue weighted by atomic mass is 9.89. The van der Waals surface area contributed by atoms with Crippen LogP contribution in [0.2, 0.25) is 0 Å². The molecule has 0 fully saturated rings. The Morgan fingerprint density at radius 3 is 2.29 bits per heavy atom. The van der Waals surface area contributed by atoms with E-state index in [-0.39, 0.29) is 23.9 Å². The van der Waals surface area contributed by atoms with Crippen molar-refractivity contribution in [3.8, 4) is 5.75 Å². The fraction of sp³-hybridized carbons (Fsp3) is 0.231. The van der Waals surface area contributed by atoms with Crippen LogP contribution in [0.4, 0.5) is 11.4 Å². The fourth-order valence-corrected chi connectivity index (χ4v) is 4.48. The normalized spacial score (nSPS) is 17.6. The molecule has 0 saturated carbocycles. The molecule has 4 rings (SSSR count). The summed E-state index contributed by atoms with van der Waals surface area (Å²) in [6.07, 6.45) is 0.631. The lowest BCUT2D eigenvalue weighted by molar-refractivity contribution is -0.117. The average Bonchev–Trinajstić information content (AvgIpc) is 2.79. The van der Waals surface area contributed by atoms with Crippen LogP contribution in [0.25, 0.3) is 0 Å². The molecule has 2 amide bonds. The molecule has 2 atom stereocenters. The zero-order valence-electron chi connectivity index (χ0n) is 18.0. The maximum absolute atomic E-state index is 13.9. The molecule has 0 saturated heterocycles. The van der Waals surface area contributed by atoms with Crippen LogP contribution in [-0.4, -0.2) is 25.0 Å². The van der Waals surface area contributed by atoms with E-state index in [2.05, 4.69) is 0 Å². The highest BCUT2D eigenvalue weighted by Gasteiger charge is 2.38. The molecule has 3 aromatic rings. The zero-order chi connectivity index (χ0) is 22.0. The number of carbonyl (C=O) groups excluding carboxylic acids is 2. The molecule has 5 heteroatoms. The van der Waals surface area contributed by atoms with Crippen molar-refractivity contribution >= 4 is 23.2 Å². The van der Waals surface area contributed by atoms with Gasteiger partial charge in [-0.3, -0.25) is 9.59 Å². The van der Waals surface area contributed by atoms with Crippen molar-refractivity contribution in [1.82, 2.24) is 0 Å². The van der Waals surface area contributed by atoms with E-state index in [4.69, 9.17) is 4.74 Å². The summed E-state index contributed by atoms with van der Waals surface area (Å²) in [5.74, 6) is 0.406. The highest BCUT2D eigenvalue weighted by Crippen LogP contribution is 2.43. The monoisotopic (exact) mass is 414 g/mol. The Morgan fingerprint density at radius 2 is 1.58 bits per heavy atom. The van der Waals surface area contributed by atoms with Crippen molar-refractivity contribution < 1.29 is 14.3 Å². The second-order valence-electron chi connectivity index (χ2n) is 7.76. The number of ether oxygens (including phenoxy) is 1. The number of para-hydroxylation sites is 3. The summed E-state index contributed by atoms with van der Waals surface area (Å²) in [7, 11) is 1.57. The molecule has 1 heterocycles. The van der Waals surface area contributed by atoms with Gasteiger partial charge < -0.3 is 14.5 Å². The maximum atomic E-state index is 13.9. The maximum Gasteiger partial charge on any atom is 0.262 e. The summed E-state index contributed by atoms with van der Waals surface area (Å²) in [5, 5.41) is 0. The van der Waals surface area contributed by atoms with E-state index in [0.29, 0.717) is 17.7 Å². The van der Waals surface area contributed by atoms with Crippen molar-refractivity contribution in [2.24, 2.45) is 0 Å². The lowest BCUT2D eigenvalue weighted by Gasteiger charge is -2.43. The van der Waals surface area contributed by atoms with Gasteiger partial charge in [-0.05, 0) is 49.2 Å². The third-order valence-electron chi connectivity index (χ3n) is 5.80. The number of amides is 2. The smallest absolute Gasteiger partial charge is 0.262 e. The number of hydrogen-bond acceptors (Lipinski definition) is 3. The van der Waals surface area contributed by atoms with Gasteiger partial charge in [-0.2, -0.15) is 0 Å². The standard InChI is InChI=1S/C26H26N2O3/c1-18-17-24(21-13-7-9-15-23(21)27(18)19(2)29)28(20-11-5-4-6-12-20)26(30)22-14-8-10-16-25(22)31-3/h4-16,18,24H,17H2,1-3H3/t18-,24-/m1/s1. The number of benzene rings is 3. The Hall–Kier alpha value is -3.60. The first-order chi connectivity index (χ1) is 15.0. The van der Waals surface area contributed by atoms with Crippen molar-refractivity contribution in [3.63, 3.8) is 0 Å². The molecule has 31 heavy (non-hydrogen) atoms. The molecule has 3 aromatic carbocycles. The molecule has 0 spiro atoms. The minimum atomic E-state index is -0.221. The van der Waals surface area contributed by atoms with Gasteiger partial charge in [0.1, 0.15) is 5.75 Å². The van der Waals surface area contributed by atoms with Crippen molar-refractivity contribution in [2.75, 3.05) is 16.9 Å². The van der Waals surface area contributed by atoms with Gasteiger partial charge >= 0.3 is 0 Å². The second kappa shape index (κ2) is 8.64. The van der Waals surface area contributed by atoms with E-state index in [9.17, 15) is 9.59 Å². The number of fused-ring (bicyclic) bond motifs is 1. The van der Waals surface area contributed by atoms with E-state index in [1.54, 1.807) is 26.2 Å². The number of carbonyl (C=O) groups is 2. The number of methoxy groups -OCH3 is 1. The molecule has 0 aromatic heterocycles. The van der Waals surface area contributed by atoms with Crippen LogP contribution in [0.3, 0.4) is 0 Å². The van der Waals surface area contributed by atoms with Gasteiger partial charge in [0.25, 0.3) is 5.91 Å². The summed E-state index contributed by atoms with van der Waals surface area (Å²) in [5.41, 5.74) is 3.13. The minimum Gasteiger partial charge on any atom is -0.496 e. The number of rotatable bonds is 4. The highest BCUT2D eigenvalue weighted by molar-refractivity contribution is 6.08. The second-order valence-corrected chi connectivity index (χ2v) is 7.76. The third kappa shape index (κ3) is 3.79. The number of anilines is 2. The fourth-order valence-electron chi connectivity index (χ4n) is 4.48. The molecular weight excluding hydrogens is 388 g/mol. The zero-order valence-corrected chi connectivity index (χ0v) is 18.0. The Morgan fingerprint density at radius 1 is 0.935 bits per heavy atom. The van der Waals surface area contributed by atoms with Gasteiger partial charge in [0.05, 0.1) is 18.7 Å². The van der Waals surface area contributed by atoms with E-state index >= 15 is 0 Å². The van der Waals surface area contributed by atoms with Crippen molar-refractivity contribution in [1.29, 1.82) is 0 Å². The highest BCUT2D eigenvalue weighted by atomic mass is 16.5. The summed E-state index contributed by atoms with van der Waals surface area (Å²) in [6.45, 7) is 3.61. The Balaban J connectivity index is 1.88. The summed E-state index contributed by atoms with van der Waals surface area (Å²) >= 11 is 0. The summed E-state index contributed by atoms with van der Waals surface area (Å²) < 4.78 is 5.48. The molecule has 0 N–H and O–H groups in total. The van der Waals surface area contributed by atoms with E-state index in [0.717, 1.165) is 16.9 Å². The molecule has 1 aliphatic heterocycles. The van der Waals surface area contributed by atoms with Gasteiger partial charge in [0.15, 0.2) is 0 Å². The Labute approximate surface area is 182 Å². The number of nitrogens with zero attached hydrogens (tertiary/aromatic N) is 2. The van der Waals surface area contributed by atoms with Crippen molar-refractivity contribution in [3.05, 3.63) is 90.0 Å². The third-order valence-corrected chi connectivity index (χ3v) is 5.80. The quantitative estimate of drug-likeness (QED) is 0.587. The van der Waals surface area contributed by atoms with Crippen LogP contribution in [0.15, 0.2) is 78.9 Å². The van der Waals surface area contributed by atoms with E-state index in [1.165, 1.54) is 0 Å². The SMILES string of the molecule is COc1ccccc1C(=O)N(c1ccccc1)[C@@H]1C[C@@H](C)N(C(C)=O)c2ccccc21. The predicted molar refractivity (Wildman–Crippen MR) is 123 cm³/mol. The topological polar surface area (TPSA) is 49.9 Å². The van der Waals surface area contributed by atoms with E-state index < -0.39 is 0 Å². The van der Waals surface area contributed by atoms with Gasteiger partial charge in [-0.25, -0.2) is 0 Å². The van der Waals surface area contributed by atoms with Crippen LogP contribution in [0.1, 0.15) is 42.2 Å². The molecule has 0 radical (unpaired) electrons. The van der Waals surface area contributed by atoms with Gasteiger partial charge in [-0.1, -0.05) is 48.5 Å². The predicted octanol–water partition coefficient (Wildman–Crippen LogP) is 5.23.